The molecule has 5 heteroatoms. The normalized spacial score (nSPS) is 10.2. The summed E-state index contributed by atoms with van der Waals surface area (Å²) in [5, 5.41) is 0.451. The summed E-state index contributed by atoms with van der Waals surface area (Å²) in [6.45, 7) is -0.0955. The average Bonchev–Trinajstić information content (AvgIpc) is 2.46. The van der Waals surface area contributed by atoms with E-state index in [9.17, 15) is 4.79 Å². The number of para-hydroxylation sites is 1. The number of methoxy groups -OCH3 is 1. The Morgan fingerprint density at radius 1 is 1.20 bits per heavy atom. The molecular formula is C15H12BrClO3. The predicted molar refractivity (Wildman–Crippen MR) is 82.0 cm³/mol. The highest BCUT2D eigenvalue weighted by atomic mass is 79.9. The lowest BCUT2D eigenvalue weighted by molar-refractivity contribution is 0.0918. The van der Waals surface area contributed by atoms with Crippen LogP contribution in [0.3, 0.4) is 0 Å². The third-order valence-electron chi connectivity index (χ3n) is 2.66. The van der Waals surface area contributed by atoms with Gasteiger partial charge in [0, 0.05) is 4.47 Å². The van der Waals surface area contributed by atoms with E-state index in [1.54, 1.807) is 36.4 Å². The molecule has 0 aromatic heterocycles. The summed E-state index contributed by atoms with van der Waals surface area (Å²) in [5.41, 5.74) is 0.489. The summed E-state index contributed by atoms with van der Waals surface area (Å²) in [5.74, 6) is 0.836. The fourth-order valence-electron chi connectivity index (χ4n) is 1.69. The van der Waals surface area contributed by atoms with Crippen LogP contribution < -0.4 is 9.47 Å². The van der Waals surface area contributed by atoms with Crippen molar-refractivity contribution in [2.24, 2.45) is 0 Å². The molecule has 2 aromatic rings. The van der Waals surface area contributed by atoms with Gasteiger partial charge in [0.1, 0.15) is 11.5 Å². The topological polar surface area (TPSA) is 35.5 Å². The second-order valence-electron chi connectivity index (χ2n) is 3.99. The number of ketones is 1. The molecule has 0 aliphatic rings. The first kappa shape index (κ1) is 14.9. The standard InChI is InChI=1S/C15H12BrClO3/c1-19-14-5-3-2-4-11(14)13(18)9-20-15-7-6-10(16)8-12(15)17/h2-8H,9H2,1H3. The summed E-state index contributed by atoms with van der Waals surface area (Å²) in [7, 11) is 1.53. The largest absolute Gasteiger partial charge is 0.496 e. The molecule has 0 N–H and O–H groups in total. The van der Waals surface area contributed by atoms with Gasteiger partial charge in [-0.1, -0.05) is 39.7 Å². The molecule has 2 aromatic carbocycles. The van der Waals surface area contributed by atoms with Crippen LogP contribution in [-0.4, -0.2) is 19.5 Å². The minimum atomic E-state index is -0.165. The van der Waals surface area contributed by atoms with E-state index in [-0.39, 0.29) is 12.4 Å². The van der Waals surface area contributed by atoms with E-state index in [0.29, 0.717) is 22.1 Å². The number of benzene rings is 2. The van der Waals surface area contributed by atoms with Gasteiger partial charge in [0.2, 0.25) is 5.78 Å². The van der Waals surface area contributed by atoms with E-state index in [2.05, 4.69) is 15.9 Å². The minimum absolute atomic E-state index is 0.0955. The van der Waals surface area contributed by atoms with Gasteiger partial charge in [0.05, 0.1) is 17.7 Å². The van der Waals surface area contributed by atoms with Gasteiger partial charge in [-0.2, -0.15) is 0 Å². The molecule has 0 fully saturated rings. The quantitative estimate of drug-likeness (QED) is 0.747. The highest BCUT2D eigenvalue weighted by molar-refractivity contribution is 9.10. The maximum Gasteiger partial charge on any atom is 0.203 e. The SMILES string of the molecule is COc1ccccc1C(=O)COc1ccc(Br)cc1Cl. The van der Waals surface area contributed by atoms with E-state index < -0.39 is 0 Å². The molecule has 3 nitrogen and oxygen atoms in total. The Balaban J connectivity index is 2.09. The minimum Gasteiger partial charge on any atom is -0.496 e. The van der Waals surface area contributed by atoms with Gasteiger partial charge in [-0.25, -0.2) is 0 Å². The number of ether oxygens (including phenoxy) is 2. The summed E-state index contributed by atoms with van der Waals surface area (Å²) < 4.78 is 11.5. The lowest BCUT2D eigenvalue weighted by atomic mass is 10.1. The molecule has 0 bridgehead atoms. The Kier molecular flexibility index (Phi) is 5.04. The maximum atomic E-state index is 12.1. The molecule has 20 heavy (non-hydrogen) atoms. The van der Waals surface area contributed by atoms with Gasteiger partial charge in [-0.3, -0.25) is 4.79 Å². The average molecular weight is 356 g/mol. The van der Waals surface area contributed by atoms with E-state index >= 15 is 0 Å². The molecule has 0 spiro atoms. The fourth-order valence-corrected chi connectivity index (χ4v) is 2.42. The number of hydrogen-bond acceptors (Lipinski definition) is 3. The van der Waals surface area contributed by atoms with Gasteiger partial charge >= 0.3 is 0 Å². The van der Waals surface area contributed by atoms with Crippen LogP contribution in [0.2, 0.25) is 5.02 Å². The molecule has 2 rings (SSSR count). The molecule has 0 atom stereocenters. The zero-order chi connectivity index (χ0) is 14.5. The first-order valence-electron chi connectivity index (χ1n) is 5.86. The number of halogens is 2. The molecule has 0 heterocycles. The van der Waals surface area contributed by atoms with Crippen molar-refractivity contribution in [2.45, 2.75) is 0 Å². The Hall–Kier alpha value is -1.52. The fraction of sp³-hybridized carbons (Fsp3) is 0.133. The molecule has 104 valence electrons. The van der Waals surface area contributed by atoms with Crippen molar-refractivity contribution in [1.29, 1.82) is 0 Å². The van der Waals surface area contributed by atoms with E-state index in [1.165, 1.54) is 7.11 Å². The molecular weight excluding hydrogens is 344 g/mol. The van der Waals surface area contributed by atoms with Crippen molar-refractivity contribution in [2.75, 3.05) is 13.7 Å². The molecule has 0 radical (unpaired) electrons. The first-order valence-corrected chi connectivity index (χ1v) is 7.03. The maximum absolute atomic E-state index is 12.1. The van der Waals surface area contributed by atoms with Gasteiger partial charge in [-0.15, -0.1) is 0 Å². The first-order chi connectivity index (χ1) is 9.61. The Morgan fingerprint density at radius 2 is 1.95 bits per heavy atom. The number of carbonyl (C=O) groups is 1. The second kappa shape index (κ2) is 6.77. The van der Waals surface area contributed by atoms with Crippen LogP contribution >= 0.6 is 27.5 Å². The van der Waals surface area contributed by atoms with Crippen molar-refractivity contribution >= 4 is 33.3 Å². The van der Waals surface area contributed by atoms with Crippen molar-refractivity contribution < 1.29 is 14.3 Å². The second-order valence-corrected chi connectivity index (χ2v) is 5.31. The van der Waals surface area contributed by atoms with Crippen LogP contribution in [0, 0.1) is 0 Å². The van der Waals surface area contributed by atoms with Gasteiger partial charge in [-0.05, 0) is 30.3 Å². The highest BCUT2D eigenvalue weighted by Gasteiger charge is 2.13. The van der Waals surface area contributed by atoms with Crippen LogP contribution in [0.4, 0.5) is 0 Å². The van der Waals surface area contributed by atoms with Crippen LogP contribution in [-0.2, 0) is 0 Å². The van der Waals surface area contributed by atoms with Crippen molar-refractivity contribution in [1.82, 2.24) is 0 Å². The Labute approximate surface area is 130 Å². The lowest BCUT2D eigenvalue weighted by Gasteiger charge is -2.10. The number of rotatable bonds is 5. The third-order valence-corrected chi connectivity index (χ3v) is 3.45. The highest BCUT2D eigenvalue weighted by Crippen LogP contribution is 2.28. The van der Waals surface area contributed by atoms with Crippen molar-refractivity contribution in [3.63, 3.8) is 0 Å². The molecule has 0 aliphatic carbocycles. The number of Topliss-reactive ketones (excluding diaryl/α,β-unsaturated/α-hetero) is 1. The van der Waals surface area contributed by atoms with Crippen molar-refractivity contribution in [3.05, 3.63) is 57.5 Å². The van der Waals surface area contributed by atoms with Crippen LogP contribution in [0.1, 0.15) is 10.4 Å². The van der Waals surface area contributed by atoms with E-state index in [1.807, 2.05) is 6.07 Å². The monoisotopic (exact) mass is 354 g/mol. The van der Waals surface area contributed by atoms with Gasteiger partial charge in [0.15, 0.2) is 6.61 Å². The number of carbonyl (C=O) groups excluding carboxylic acids is 1. The Bertz CT molecular complexity index is 628. The predicted octanol–water partition coefficient (Wildman–Crippen LogP) is 4.37. The summed E-state index contributed by atoms with van der Waals surface area (Å²) in [6.07, 6.45) is 0. The lowest BCUT2D eigenvalue weighted by Crippen LogP contribution is -2.12. The zero-order valence-corrected chi connectivity index (χ0v) is 13.1. The summed E-state index contributed by atoms with van der Waals surface area (Å²) >= 11 is 9.33. The molecule has 0 aliphatic heterocycles. The van der Waals surface area contributed by atoms with Crippen LogP contribution in [0.25, 0.3) is 0 Å². The Morgan fingerprint density at radius 3 is 2.65 bits per heavy atom. The van der Waals surface area contributed by atoms with Gasteiger partial charge in [0.25, 0.3) is 0 Å². The van der Waals surface area contributed by atoms with Gasteiger partial charge < -0.3 is 9.47 Å². The van der Waals surface area contributed by atoms with E-state index in [4.69, 9.17) is 21.1 Å². The molecule has 0 saturated heterocycles. The summed E-state index contributed by atoms with van der Waals surface area (Å²) in [6, 6.07) is 12.2. The summed E-state index contributed by atoms with van der Waals surface area (Å²) in [4.78, 5) is 12.1. The van der Waals surface area contributed by atoms with E-state index in [0.717, 1.165) is 4.47 Å². The third kappa shape index (κ3) is 3.52. The smallest absolute Gasteiger partial charge is 0.203 e. The molecule has 0 unspecified atom stereocenters. The number of hydrogen-bond donors (Lipinski definition) is 0. The van der Waals surface area contributed by atoms with Crippen LogP contribution in [0.15, 0.2) is 46.9 Å². The van der Waals surface area contributed by atoms with Crippen LogP contribution in [0.5, 0.6) is 11.5 Å². The van der Waals surface area contributed by atoms with Crippen molar-refractivity contribution in [3.8, 4) is 11.5 Å². The molecule has 0 saturated carbocycles. The zero-order valence-electron chi connectivity index (χ0n) is 10.7. The molecule has 0 amide bonds.